The summed E-state index contributed by atoms with van der Waals surface area (Å²) < 4.78 is 16.6. The average molecular weight is 743 g/mol. The molecule has 8 aromatic carbocycles. The van der Waals surface area contributed by atoms with Gasteiger partial charge in [0.2, 0.25) is 0 Å². The number of para-hydroxylation sites is 3. The maximum atomic E-state index is 7.14. The van der Waals surface area contributed by atoms with Crippen LogP contribution in [0, 0.1) is 0 Å². The smallest absolute Gasteiger partial charge is 0.147 e. The van der Waals surface area contributed by atoms with Gasteiger partial charge in [-0.1, -0.05) is 140 Å². The molecule has 0 bridgehead atoms. The molecular weight excluding hydrogens is 709 g/mol. The summed E-state index contributed by atoms with van der Waals surface area (Å²) >= 11 is 0. The number of aromatic nitrogens is 1. The van der Waals surface area contributed by atoms with Gasteiger partial charge in [-0.2, -0.15) is 0 Å². The molecule has 4 heteroatoms. The Morgan fingerprint density at radius 3 is 1.74 bits per heavy atom. The zero-order chi connectivity index (χ0) is 37.9. The lowest BCUT2D eigenvalue weighted by molar-refractivity contribution is 0.663. The van der Waals surface area contributed by atoms with E-state index in [2.05, 4.69) is 204 Å². The minimum absolute atomic E-state index is 0.188. The fraction of sp³-hybridized carbons (Fsp3) is 0.0370. The fourth-order valence-electron chi connectivity index (χ4n) is 10.1. The summed E-state index contributed by atoms with van der Waals surface area (Å²) in [6.07, 6.45) is 9.01. The van der Waals surface area contributed by atoms with Crippen LogP contribution in [-0.4, -0.2) is 10.6 Å². The zero-order valence-corrected chi connectivity index (χ0v) is 31.3. The Kier molecular flexibility index (Phi) is 6.53. The summed E-state index contributed by atoms with van der Waals surface area (Å²) in [5, 5.41) is 6.64. The number of hydrogen-bond donors (Lipinski definition) is 0. The van der Waals surface area contributed by atoms with E-state index in [1.165, 1.54) is 33.1 Å². The Morgan fingerprint density at radius 1 is 0.431 bits per heavy atom. The van der Waals surface area contributed by atoms with Crippen LogP contribution in [-0.2, 0) is 0 Å². The highest BCUT2D eigenvalue weighted by atomic mass is 16.3. The number of rotatable bonds is 4. The van der Waals surface area contributed by atoms with Crippen LogP contribution >= 0.6 is 0 Å². The number of fused-ring (bicyclic) bond motifs is 13. The first-order valence-electron chi connectivity index (χ1n) is 20.0. The van der Waals surface area contributed by atoms with Crippen molar-refractivity contribution < 1.29 is 8.83 Å². The van der Waals surface area contributed by atoms with E-state index < -0.39 is 0 Å². The van der Waals surface area contributed by atoms with Crippen molar-refractivity contribution in [3.63, 3.8) is 0 Å². The molecule has 4 heterocycles. The topological polar surface area (TPSA) is 34.5 Å². The third kappa shape index (κ3) is 4.34. The highest BCUT2D eigenvalue weighted by molar-refractivity contribution is 6.31. The number of benzene rings is 8. The Hall–Kier alpha value is -7.56. The van der Waals surface area contributed by atoms with Gasteiger partial charge in [0.05, 0.1) is 22.5 Å². The third-order valence-electron chi connectivity index (χ3n) is 12.5. The van der Waals surface area contributed by atoms with Crippen molar-refractivity contribution in [3.8, 4) is 27.9 Å². The van der Waals surface area contributed by atoms with Crippen molar-refractivity contribution in [2.45, 2.75) is 12.0 Å². The van der Waals surface area contributed by atoms with Gasteiger partial charge in [0.15, 0.2) is 0 Å². The average Bonchev–Trinajstić information content (AvgIpc) is 4.04. The van der Waals surface area contributed by atoms with Crippen molar-refractivity contribution in [2.24, 2.45) is 0 Å². The summed E-state index contributed by atoms with van der Waals surface area (Å²) in [5.41, 5.74) is 14.8. The normalized spacial score (nSPS) is 16.1. The third-order valence-corrected chi connectivity index (χ3v) is 12.5. The van der Waals surface area contributed by atoms with Gasteiger partial charge < -0.3 is 18.3 Å². The molecule has 4 nitrogen and oxygen atoms in total. The first kappa shape index (κ1) is 31.6. The Bertz CT molecular complexity index is 3480. The Morgan fingerprint density at radius 2 is 1.00 bits per heavy atom. The SMILES string of the molecule is C1=CC2c3ccccc3N(c3ccc4oc5c(-c6ccccc6)c(-c6ccccc6)c6c7cc(-n8c9ccccc9c9ccccc98)ccc7oc6c5c4c3)C2C=C1. The van der Waals surface area contributed by atoms with Crippen LogP contribution in [0.3, 0.4) is 0 Å². The highest BCUT2D eigenvalue weighted by Gasteiger charge is 2.37. The van der Waals surface area contributed by atoms with E-state index in [0.717, 1.165) is 77.5 Å². The van der Waals surface area contributed by atoms with E-state index in [0.29, 0.717) is 5.92 Å². The molecule has 2 atom stereocenters. The van der Waals surface area contributed by atoms with Crippen LogP contribution < -0.4 is 4.90 Å². The standard InChI is InChI=1S/C54H34N2O2/c1-3-15-33(16-4-1)49-50(34-17-5-2-6-18-34)53-52(42-32-36(28-30-48(42)57-53)56-45-25-13-9-21-39(45)40-22-10-14-26-46(40)56)54-51(49)41-31-35(27-29-47(41)58-54)55-43-23-11-7-19-37(43)38-20-8-12-24-44(38)55/h1-32,39,45H. The molecule has 0 spiro atoms. The van der Waals surface area contributed by atoms with Crippen LogP contribution in [0.5, 0.6) is 0 Å². The molecule has 0 radical (unpaired) electrons. The van der Waals surface area contributed by atoms with Gasteiger partial charge >= 0.3 is 0 Å². The molecule has 0 saturated carbocycles. The molecule has 58 heavy (non-hydrogen) atoms. The molecule has 0 saturated heterocycles. The molecule has 0 amide bonds. The lowest BCUT2D eigenvalue weighted by Gasteiger charge is -2.28. The lowest BCUT2D eigenvalue weighted by atomic mass is 9.88. The molecule has 11 aromatic rings. The largest absolute Gasteiger partial charge is 0.455 e. The Balaban J connectivity index is 1.16. The molecule has 0 fully saturated rings. The molecule has 13 rings (SSSR count). The van der Waals surface area contributed by atoms with Crippen molar-refractivity contribution in [1.29, 1.82) is 0 Å². The van der Waals surface area contributed by atoms with E-state index in [9.17, 15) is 0 Å². The van der Waals surface area contributed by atoms with E-state index in [1.54, 1.807) is 0 Å². The predicted molar refractivity (Wildman–Crippen MR) is 240 cm³/mol. The lowest BCUT2D eigenvalue weighted by Crippen LogP contribution is -2.28. The second-order valence-corrected chi connectivity index (χ2v) is 15.5. The highest BCUT2D eigenvalue weighted by Crippen LogP contribution is 2.53. The molecular formula is C54H34N2O2. The van der Waals surface area contributed by atoms with E-state index in [-0.39, 0.29) is 6.04 Å². The van der Waals surface area contributed by atoms with Gasteiger partial charge in [-0.3, -0.25) is 0 Å². The summed E-state index contributed by atoms with van der Waals surface area (Å²) in [6.45, 7) is 0. The maximum absolute atomic E-state index is 7.14. The van der Waals surface area contributed by atoms with Crippen molar-refractivity contribution in [3.05, 3.63) is 200 Å². The number of allylic oxidation sites excluding steroid dienone is 2. The number of furan rings is 2. The molecule has 0 N–H and O–H groups in total. The quantitative estimate of drug-likeness (QED) is 0.180. The second-order valence-electron chi connectivity index (χ2n) is 15.5. The number of hydrogen-bond acceptors (Lipinski definition) is 3. The second kappa shape index (κ2) is 12.0. The number of nitrogens with zero attached hydrogens (tertiary/aromatic N) is 2. The van der Waals surface area contributed by atoms with E-state index in [4.69, 9.17) is 8.83 Å². The molecule has 272 valence electrons. The van der Waals surface area contributed by atoms with Crippen LogP contribution in [0.15, 0.2) is 203 Å². The van der Waals surface area contributed by atoms with E-state index in [1.807, 2.05) is 0 Å². The molecule has 1 aliphatic carbocycles. The van der Waals surface area contributed by atoms with Crippen LogP contribution in [0.2, 0.25) is 0 Å². The summed E-state index contributed by atoms with van der Waals surface area (Å²) in [5.74, 6) is 0.293. The first-order valence-corrected chi connectivity index (χ1v) is 20.0. The van der Waals surface area contributed by atoms with Crippen LogP contribution in [0.25, 0.3) is 93.6 Å². The monoisotopic (exact) mass is 742 g/mol. The molecule has 2 unspecified atom stereocenters. The molecule has 3 aromatic heterocycles. The van der Waals surface area contributed by atoms with Gasteiger partial charge in [0.1, 0.15) is 22.3 Å². The van der Waals surface area contributed by atoms with Crippen LogP contribution in [0.4, 0.5) is 11.4 Å². The zero-order valence-electron chi connectivity index (χ0n) is 31.3. The fourth-order valence-corrected chi connectivity index (χ4v) is 10.1. The van der Waals surface area contributed by atoms with E-state index >= 15 is 0 Å². The maximum Gasteiger partial charge on any atom is 0.147 e. The van der Waals surface area contributed by atoms with Crippen molar-refractivity contribution in [1.82, 2.24) is 4.57 Å². The van der Waals surface area contributed by atoms with Crippen molar-refractivity contribution in [2.75, 3.05) is 4.90 Å². The predicted octanol–water partition coefficient (Wildman–Crippen LogP) is 14.6. The number of anilines is 2. The van der Waals surface area contributed by atoms with Gasteiger partial charge in [-0.05, 0) is 71.3 Å². The van der Waals surface area contributed by atoms with Gasteiger partial charge in [0, 0.05) is 61.0 Å². The molecule has 1 aliphatic heterocycles. The first-order chi connectivity index (χ1) is 28.8. The minimum atomic E-state index is 0.188. The van der Waals surface area contributed by atoms with Crippen LogP contribution in [0.1, 0.15) is 11.5 Å². The van der Waals surface area contributed by atoms with Gasteiger partial charge in [0.25, 0.3) is 0 Å². The summed E-state index contributed by atoms with van der Waals surface area (Å²) in [6, 6.07) is 61.1. The minimum Gasteiger partial charge on any atom is -0.455 e. The summed E-state index contributed by atoms with van der Waals surface area (Å²) in [7, 11) is 0. The summed E-state index contributed by atoms with van der Waals surface area (Å²) in [4.78, 5) is 2.49. The van der Waals surface area contributed by atoms with Gasteiger partial charge in [-0.25, -0.2) is 0 Å². The van der Waals surface area contributed by atoms with Crippen molar-refractivity contribution >= 4 is 77.1 Å². The molecule has 2 aliphatic rings. The van der Waals surface area contributed by atoms with Gasteiger partial charge in [-0.15, -0.1) is 0 Å². The Labute approximate surface area is 333 Å².